The van der Waals surface area contributed by atoms with E-state index in [1.165, 1.54) is 6.07 Å². The second-order valence-corrected chi connectivity index (χ2v) is 5.60. The van der Waals surface area contributed by atoms with E-state index >= 15 is 0 Å². The molecule has 0 fully saturated rings. The van der Waals surface area contributed by atoms with Crippen molar-refractivity contribution in [2.75, 3.05) is 12.0 Å². The Morgan fingerprint density at radius 1 is 1.04 bits per heavy atom. The molecule has 1 N–H and O–H groups in total. The molecule has 5 nitrogen and oxygen atoms in total. The van der Waals surface area contributed by atoms with Crippen LogP contribution in [0.1, 0.15) is 18.1 Å². The number of ether oxygens (including phenoxy) is 2. The highest BCUT2D eigenvalue weighted by atomic mass is 19.1. The molecule has 0 aliphatic rings. The van der Waals surface area contributed by atoms with Crippen LogP contribution < -0.4 is 14.9 Å². The Labute approximate surface area is 157 Å². The first-order valence-corrected chi connectivity index (χ1v) is 8.59. The van der Waals surface area contributed by atoms with Crippen molar-refractivity contribution in [1.82, 2.24) is 4.98 Å². The third-order valence-electron chi connectivity index (χ3n) is 3.67. The highest BCUT2D eigenvalue weighted by molar-refractivity contribution is 5.81. The van der Waals surface area contributed by atoms with Crippen molar-refractivity contribution in [1.29, 1.82) is 0 Å². The number of pyridine rings is 1. The lowest BCUT2D eigenvalue weighted by atomic mass is 10.2. The molecule has 0 unspecified atom stereocenters. The number of rotatable bonds is 8. The summed E-state index contributed by atoms with van der Waals surface area (Å²) in [6, 6.07) is 17.5. The van der Waals surface area contributed by atoms with Gasteiger partial charge in [0.25, 0.3) is 0 Å². The molecule has 27 heavy (non-hydrogen) atoms. The van der Waals surface area contributed by atoms with E-state index in [-0.39, 0.29) is 12.4 Å². The fourth-order valence-electron chi connectivity index (χ4n) is 2.37. The summed E-state index contributed by atoms with van der Waals surface area (Å²) in [6.07, 6.45) is 3.35. The minimum atomic E-state index is -0.292. The Balaban J connectivity index is 1.69. The standard InChI is InChI=1S/C21H20FN3O2/c1-2-26-20-13-16(14-24-25-21-9-5-6-12-23-21)10-11-19(20)27-15-17-7-3-4-8-18(17)22/h3-14H,2,15H2,1H3,(H,23,25)/b24-14+. The highest BCUT2D eigenvalue weighted by Gasteiger charge is 2.08. The van der Waals surface area contributed by atoms with Gasteiger partial charge in [0.1, 0.15) is 18.2 Å². The Morgan fingerprint density at radius 3 is 2.67 bits per heavy atom. The molecular formula is C21H20FN3O2. The Bertz CT molecular complexity index is 901. The van der Waals surface area contributed by atoms with Crippen LogP contribution in [0.25, 0.3) is 0 Å². The fraction of sp³-hybridized carbons (Fsp3) is 0.143. The van der Waals surface area contributed by atoms with E-state index in [4.69, 9.17) is 9.47 Å². The summed E-state index contributed by atoms with van der Waals surface area (Å²) >= 11 is 0. The molecule has 2 aromatic carbocycles. The number of hydrogen-bond acceptors (Lipinski definition) is 5. The summed E-state index contributed by atoms with van der Waals surface area (Å²) < 4.78 is 25.1. The van der Waals surface area contributed by atoms with Gasteiger partial charge in [-0.15, -0.1) is 0 Å². The number of anilines is 1. The zero-order valence-electron chi connectivity index (χ0n) is 14.9. The summed E-state index contributed by atoms with van der Waals surface area (Å²) in [5.74, 6) is 1.49. The molecule has 138 valence electrons. The maximum Gasteiger partial charge on any atom is 0.161 e. The minimum absolute atomic E-state index is 0.126. The van der Waals surface area contributed by atoms with Crippen molar-refractivity contribution >= 4 is 12.0 Å². The van der Waals surface area contributed by atoms with Crippen LogP contribution in [0.15, 0.2) is 72.0 Å². The van der Waals surface area contributed by atoms with E-state index in [2.05, 4.69) is 15.5 Å². The highest BCUT2D eigenvalue weighted by Crippen LogP contribution is 2.29. The average Bonchev–Trinajstić information content (AvgIpc) is 2.69. The zero-order valence-corrected chi connectivity index (χ0v) is 14.9. The number of halogens is 1. The van der Waals surface area contributed by atoms with Crippen LogP contribution >= 0.6 is 0 Å². The van der Waals surface area contributed by atoms with E-state index < -0.39 is 0 Å². The van der Waals surface area contributed by atoms with Crippen LogP contribution in [0.2, 0.25) is 0 Å². The monoisotopic (exact) mass is 365 g/mol. The van der Waals surface area contributed by atoms with E-state index in [0.29, 0.717) is 29.5 Å². The molecule has 1 heterocycles. The Kier molecular flexibility index (Phi) is 6.35. The zero-order chi connectivity index (χ0) is 18.9. The van der Waals surface area contributed by atoms with Gasteiger partial charge in [-0.1, -0.05) is 24.3 Å². The normalized spacial score (nSPS) is 10.7. The van der Waals surface area contributed by atoms with Crippen molar-refractivity contribution in [2.24, 2.45) is 5.10 Å². The molecule has 1 aromatic heterocycles. The van der Waals surface area contributed by atoms with Gasteiger partial charge in [0.2, 0.25) is 0 Å². The van der Waals surface area contributed by atoms with Gasteiger partial charge in [0.15, 0.2) is 11.5 Å². The van der Waals surface area contributed by atoms with Crippen LogP contribution in [-0.2, 0) is 6.61 Å². The first kappa shape index (κ1) is 18.4. The average molecular weight is 365 g/mol. The molecular weight excluding hydrogens is 345 g/mol. The number of benzene rings is 2. The van der Waals surface area contributed by atoms with Crippen molar-refractivity contribution in [3.05, 3.63) is 83.8 Å². The van der Waals surface area contributed by atoms with Gasteiger partial charge in [-0.25, -0.2) is 9.37 Å². The number of aromatic nitrogens is 1. The van der Waals surface area contributed by atoms with Crippen LogP contribution in [0.5, 0.6) is 11.5 Å². The third-order valence-corrected chi connectivity index (χ3v) is 3.67. The molecule has 0 radical (unpaired) electrons. The predicted molar refractivity (Wildman–Crippen MR) is 104 cm³/mol. The molecule has 0 bridgehead atoms. The quantitative estimate of drug-likeness (QED) is 0.467. The number of nitrogens with one attached hydrogen (secondary N) is 1. The van der Waals surface area contributed by atoms with Gasteiger partial charge in [0, 0.05) is 11.8 Å². The molecule has 0 saturated heterocycles. The van der Waals surface area contributed by atoms with Gasteiger partial charge in [0.05, 0.1) is 12.8 Å². The SMILES string of the molecule is CCOc1cc(/C=N/Nc2ccccn2)ccc1OCc1ccccc1F. The Hall–Kier alpha value is -3.41. The van der Waals surface area contributed by atoms with Crippen molar-refractivity contribution in [3.63, 3.8) is 0 Å². The second kappa shape index (κ2) is 9.33. The predicted octanol–water partition coefficient (Wildman–Crippen LogP) is 4.64. The molecule has 6 heteroatoms. The maximum atomic E-state index is 13.7. The largest absolute Gasteiger partial charge is 0.490 e. The molecule has 0 spiro atoms. The van der Waals surface area contributed by atoms with E-state index in [1.807, 2.05) is 37.3 Å². The van der Waals surface area contributed by atoms with Crippen LogP contribution in [0.3, 0.4) is 0 Å². The summed E-state index contributed by atoms with van der Waals surface area (Å²) in [5, 5.41) is 4.16. The summed E-state index contributed by atoms with van der Waals surface area (Å²) in [6.45, 7) is 2.51. The first-order valence-electron chi connectivity index (χ1n) is 8.59. The van der Waals surface area contributed by atoms with Crippen LogP contribution in [0, 0.1) is 5.82 Å². The topological polar surface area (TPSA) is 55.7 Å². The molecule has 0 saturated carbocycles. The summed E-state index contributed by atoms with van der Waals surface area (Å²) in [5.41, 5.74) is 4.18. The lowest BCUT2D eigenvalue weighted by Crippen LogP contribution is -2.02. The summed E-state index contributed by atoms with van der Waals surface area (Å²) in [4.78, 5) is 4.13. The third kappa shape index (κ3) is 5.28. The van der Waals surface area contributed by atoms with E-state index in [0.717, 1.165) is 5.56 Å². The van der Waals surface area contributed by atoms with Crippen molar-refractivity contribution in [2.45, 2.75) is 13.5 Å². The van der Waals surface area contributed by atoms with Gasteiger partial charge < -0.3 is 9.47 Å². The molecule has 3 aromatic rings. The maximum absolute atomic E-state index is 13.7. The van der Waals surface area contributed by atoms with E-state index in [1.54, 1.807) is 36.7 Å². The molecule has 0 aliphatic heterocycles. The van der Waals surface area contributed by atoms with Gasteiger partial charge >= 0.3 is 0 Å². The number of hydrogen-bond donors (Lipinski definition) is 1. The fourth-order valence-corrected chi connectivity index (χ4v) is 2.37. The lowest BCUT2D eigenvalue weighted by molar-refractivity contribution is 0.266. The van der Waals surface area contributed by atoms with Crippen LogP contribution in [-0.4, -0.2) is 17.8 Å². The lowest BCUT2D eigenvalue weighted by Gasteiger charge is -2.13. The smallest absolute Gasteiger partial charge is 0.161 e. The van der Waals surface area contributed by atoms with Crippen molar-refractivity contribution < 1.29 is 13.9 Å². The Morgan fingerprint density at radius 2 is 1.89 bits per heavy atom. The van der Waals surface area contributed by atoms with Crippen LogP contribution in [0.4, 0.5) is 10.2 Å². The van der Waals surface area contributed by atoms with E-state index in [9.17, 15) is 4.39 Å². The first-order chi connectivity index (χ1) is 13.3. The molecule has 0 atom stereocenters. The minimum Gasteiger partial charge on any atom is -0.490 e. The van der Waals surface area contributed by atoms with Gasteiger partial charge in [-0.05, 0) is 48.9 Å². The second-order valence-electron chi connectivity index (χ2n) is 5.60. The number of nitrogens with zero attached hydrogens (tertiary/aromatic N) is 2. The van der Waals surface area contributed by atoms with Crippen molar-refractivity contribution in [3.8, 4) is 11.5 Å². The molecule has 0 amide bonds. The van der Waals surface area contributed by atoms with Gasteiger partial charge in [-0.2, -0.15) is 5.10 Å². The number of hydrazone groups is 1. The molecule has 0 aliphatic carbocycles. The summed E-state index contributed by atoms with van der Waals surface area (Å²) in [7, 11) is 0. The van der Waals surface area contributed by atoms with Gasteiger partial charge in [-0.3, -0.25) is 5.43 Å². The molecule has 3 rings (SSSR count).